The van der Waals surface area contributed by atoms with Crippen LogP contribution in [0.5, 0.6) is 11.5 Å². The number of nitrogens with one attached hydrogen (secondary N) is 1. The van der Waals surface area contributed by atoms with E-state index in [9.17, 15) is 10.1 Å². The first-order valence-corrected chi connectivity index (χ1v) is 11.5. The molecule has 0 heterocycles. The van der Waals surface area contributed by atoms with Crippen molar-refractivity contribution in [2.24, 2.45) is 0 Å². The molecule has 0 spiro atoms. The smallest absolute Gasteiger partial charge is 0.273 e. The lowest BCUT2D eigenvalue weighted by atomic mass is 10.1. The second-order valence-corrected chi connectivity index (χ2v) is 8.53. The monoisotopic (exact) mass is 464 g/mol. The number of nitro groups is 1. The number of ether oxygens (including phenoxy) is 2. The van der Waals surface area contributed by atoms with Gasteiger partial charge in [-0.25, -0.2) is 0 Å². The molecule has 3 aromatic rings. The predicted octanol–water partition coefficient (Wildman–Crippen LogP) is 4.97. The van der Waals surface area contributed by atoms with Gasteiger partial charge in [0.05, 0.1) is 39.3 Å². The third-order valence-electron chi connectivity index (χ3n) is 6.24. The summed E-state index contributed by atoms with van der Waals surface area (Å²) in [5, 5.41) is 14.6. The SMILES string of the molecule is COc1ccc([N+](C)(CCCNCc2ccccc2[N+](=O)[O-])CCc2ccccc2)cc1OC. The first-order valence-electron chi connectivity index (χ1n) is 11.5. The average Bonchev–Trinajstić information content (AvgIpc) is 2.87. The van der Waals surface area contributed by atoms with Gasteiger partial charge in [-0.2, -0.15) is 0 Å². The molecule has 1 unspecified atom stereocenters. The van der Waals surface area contributed by atoms with Crippen LogP contribution in [0.15, 0.2) is 72.8 Å². The van der Waals surface area contributed by atoms with Crippen molar-refractivity contribution in [1.82, 2.24) is 9.80 Å². The quantitative estimate of drug-likeness (QED) is 0.167. The Morgan fingerprint density at radius 3 is 2.32 bits per heavy atom. The Balaban J connectivity index is 1.68. The molecule has 0 saturated carbocycles. The summed E-state index contributed by atoms with van der Waals surface area (Å²) in [4.78, 5) is 10.9. The fourth-order valence-electron chi connectivity index (χ4n) is 4.17. The largest absolute Gasteiger partial charge is 0.493 e. The molecule has 0 aliphatic carbocycles. The molecular weight excluding hydrogens is 430 g/mol. The Bertz CT molecular complexity index is 1070. The second kappa shape index (κ2) is 12.2. The van der Waals surface area contributed by atoms with Gasteiger partial charge in [0.25, 0.3) is 5.69 Å². The summed E-state index contributed by atoms with van der Waals surface area (Å²) in [7, 11) is 5.54. The Labute approximate surface area is 201 Å². The van der Waals surface area contributed by atoms with Crippen LogP contribution in [0, 0.1) is 10.1 Å². The molecule has 0 aliphatic rings. The number of hydrogen-bond acceptors (Lipinski definition) is 5. The standard InChI is InChI=1S/C27H34N3O4/c1-30(19-16-22-10-5-4-6-11-22,24-14-15-26(33-2)27(20-24)34-3)18-9-17-28-21-23-12-7-8-13-25(23)29(31)32/h4-8,10-15,20,28H,9,16-19,21H2,1-3H3/q+1. The summed E-state index contributed by atoms with van der Waals surface area (Å²) < 4.78 is 11.7. The van der Waals surface area contributed by atoms with E-state index >= 15 is 0 Å². The molecule has 0 saturated heterocycles. The number of nitro benzene ring substituents is 1. The van der Waals surface area contributed by atoms with E-state index in [-0.39, 0.29) is 10.6 Å². The number of benzene rings is 3. The summed E-state index contributed by atoms with van der Waals surface area (Å²) in [6, 6.07) is 23.5. The molecule has 7 heteroatoms. The molecule has 0 radical (unpaired) electrons. The molecule has 7 nitrogen and oxygen atoms in total. The Morgan fingerprint density at radius 2 is 1.62 bits per heavy atom. The zero-order valence-corrected chi connectivity index (χ0v) is 20.2. The molecular formula is C27H34N3O4+. The zero-order chi connectivity index (χ0) is 24.4. The molecule has 0 aromatic heterocycles. The van der Waals surface area contributed by atoms with Crippen LogP contribution in [0.2, 0.25) is 0 Å². The van der Waals surface area contributed by atoms with E-state index in [1.54, 1.807) is 32.4 Å². The van der Waals surface area contributed by atoms with Crippen LogP contribution in [0.3, 0.4) is 0 Å². The van der Waals surface area contributed by atoms with E-state index < -0.39 is 0 Å². The van der Waals surface area contributed by atoms with Crippen molar-refractivity contribution in [2.75, 3.05) is 40.9 Å². The minimum atomic E-state index is -0.328. The number of likely N-dealkylation sites (N-methyl/N-ethyl adjacent to an activating group) is 1. The molecule has 3 rings (SSSR count). The fourth-order valence-corrected chi connectivity index (χ4v) is 4.17. The number of hydrogen-bond donors (Lipinski definition) is 1. The van der Waals surface area contributed by atoms with Gasteiger partial charge in [-0.1, -0.05) is 48.5 Å². The van der Waals surface area contributed by atoms with Crippen molar-refractivity contribution in [1.29, 1.82) is 0 Å². The molecule has 1 N–H and O–H groups in total. The van der Waals surface area contributed by atoms with Gasteiger partial charge in [-0.15, -0.1) is 0 Å². The van der Waals surface area contributed by atoms with Gasteiger partial charge in [-0.05, 0) is 11.6 Å². The van der Waals surface area contributed by atoms with Gasteiger partial charge < -0.3 is 14.8 Å². The highest BCUT2D eigenvalue weighted by Crippen LogP contribution is 2.34. The van der Waals surface area contributed by atoms with E-state index in [4.69, 9.17) is 9.47 Å². The molecule has 180 valence electrons. The maximum absolute atomic E-state index is 11.2. The minimum absolute atomic E-state index is 0.156. The third kappa shape index (κ3) is 6.56. The molecule has 34 heavy (non-hydrogen) atoms. The minimum Gasteiger partial charge on any atom is -0.493 e. The summed E-state index contributed by atoms with van der Waals surface area (Å²) >= 11 is 0. The Hall–Kier alpha value is -3.42. The molecule has 3 aromatic carbocycles. The molecule has 1 atom stereocenters. The highest BCUT2D eigenvalue weighted by molar-refractivity contribution is 5.54. The van der Waals surface area contributed by atoms with Gasteiger partial charge in [-0.3, -0.25) is 14.6 Å². The molecule has 0 fully saturated rings. The van der Waals surface area contributed by atoms with Crippen molar-refractivity contribution in [3.05, 3.63) is 94.0 Å². The summed E-state index contributed by atoms with van der Waals surface area (Å²) in [6.45, 7) is 3.08. The lowest BCUT2D eigenvalue weighted by molar-refractivity contribution is -0.385. The Morgan fingerprint density at radius 1 is 0.912 bits per heavy atom. The Kier molecular flexibility index (Phi) is 9.01. The van der Waals surface area contributed by atoms with Gasteiger partial charge >= 0.3 is 0 Å². The van der Waals surface area contributed by atoms with Crippen molar-refractivity contribution in [2.45, 2.75) is 19.4 Å². The van der Waals surface area contributed by atoms with Crippen LogP contribution >= 0.6 is 0 Å². The number of methoxy groups -OCH3 is 2. The predicted molar refractivity (Wildman–Crippen MR) is 137 cm³/mol. The van der Waals surface area contributed by atoms with Crippen molar-refractivity contribution in [3.8, 4) is 11.5 Å². The second-order valence-electron chi connectivity index (χ2n) is 8.53. The number of quaternary nitrogens is 1. The summed E-state index contributed by atoms with van der Waals surface area (Å²) in [6.07, 6.45) is 1.87. The van der Waals surface area contributed by atoms with E-state index in [2.05, 4.69) is 48.8 Å². The van der Waals surface area contributed by atoms with Crippen LogP contribution in [0.1, 0.15) is 17.5 Å². The first-order chi connectivity index (χ1) is 16.5. The normalized spacial score (nSPS) is 12.7. The van der Waals surface area contributed by atoms with Crippen LogP contribution in [-0.4, -0.2) is 45.8 Å². The lowest BCUT2D eigenvalue weighted by Crippen LogP contribution is -2.48. The zero-order valence-electron chi connectivity index (χ0n) is 20.2. The van der Waals surface area contributed by atoms with Crippen LogP contribution < -0.4 is 19.3 Å². The number of rotatable bonds is 13. The van der Waals surface area contributed by atoms with E-state index in [0.717, 1.165) is 48.4 Å². The fraction of sp³-hybridized carbons (Fsp3) is 0.333. The van der Waals surface area contributed by atoms with Gasteiger partial charge in [0.2, 0.25) is 0 Å². The number of para-hydroxylation sites is 1. The van der Waals surface area contributed by atoms with Crippen molar-refractivity contribution >= 4 is 11.4 Å². The average molecular weight is 465 g/mol. The van der Waals surface area contributed by atoms with Crippen molar-refractivity contribution in [3.63, 3.8) is 0 Å². The maximum Gasteiger partial charge on any atom is 0.273 e. The topological polar surface area (TPSA) is 73.6 Å². The highest BCUT2D eigenvalue weighted by Gasteiger charge is 2.26. The van der Waals surface area contributed by atoms with Crippen LogP contribution in [-0.2, 0) is 13.0 Å². The van der Waals surface area contributed by atoms with Gasteiger partial charge in [0.1, 0.15) is 5.69 Å². The van der Waals surface area contributed by atoms with Crippen LogP contribution in [0.25, 0.3) is 0 Å². The maximum atomic E-state index is 11.2. The van der Waals surface area contributed by atoms with E-state index in [1.807, 2.05) is 18.2 Å². The number of nitrogens with zero attached hydrogens (tertiary/aromatic N) is 2. The lowest BCUT2D eigenvalue weighted by Gasteiger charge is -2.35. The molecule has 0 bridgehead atoms. The van der Waals surface area contributed by atoms with Gasteiger partial charge in [0.15, 0.2) is 11.5 Å². The van der Waals surface area contributed by atoms with E-state index in [1.165, 1.54) is 5.56 Å². The van der Waals surface area contributed by atoms with Crippen LogP contribution in [0.4, 0.5) is 11.4 Å². The first kappa shape index (κ1) is 25.2. The summed E-state index contributed by atoms with van der Waals surface area (Å²) in [5.41, 5.74) is 3.33. The highest BCUT2D eigenvalue weighted by atomic mass is 16.6. The molecule has 0 amide bonds. The third-order valence-corrected chi connectivity index (χ3v) is 6.24. The van der Waals surface area contributed by atoms with Gasteiger partial charge in [0, 0.05) is 49.7 Å². The van der Waals surface area contributed by atoms with Crippen molar-refractivity contribution < 1.29 is 14.4 Å². The molecule has 0 aliphatic heterocycles. The van der Waals surface area contributed by atoms with E-state index in [0.29, 0.717) is 17.9 Å². The summed E-state index contributed by atoms with van der Waals surface area (Å²) in [5.74, 6) is 1.44.